The SMILES string of the molecule is CCCCCCC/C=C\C/C=C\C/C=C\CCCCCCCCCCCCCCCCC(=O)NC(COP(=O)([O-])OCC[N+](C)(C)C)C(O)/C=C/CC/C=C/CC/C=C/CCCCCCCCCCCCCCC. The van der Waals surface area contributed by atoms with Crippen molar-refractivity contribution in [2.24, 2.45) is 0 Å². The van der Waals surface area contributed by atoms with E-state index in [0.29, 0.717) is 17.4 Å². The van der Waals surface area contributed by atoms with Crippen LogP contribution in [-0.4, -0.2) is 68.5 Å². The van der Waals surface area contributed by atoms with Crippen LogP contribution in [0.3, 0.4) is 0 Å². The molecule has 9 heteroatoms. The van der Waals surface area contributed by atoms with Crippen molar-refractivity contribution in [2.75, 3.05) is 40.9 Å². The quantitative estimate of drug-likeness (QED) is 0.0272. The van der Waals surface area contributed by atoms with Crippen molar-refractivity contribution in [3.8, 4) is 0 Å². The number of nitrogens with zero attached hydrogens (tertiary/aromatic N) is 1. The van der Waals surface area contributed by atoms with Crippen LogP contribution in [0, 0.1) is 0 Å². The maximum absolute atomic E-state index is 13.0. The Balaban J connectivity index is 4.21. The molecule has 0 spiro atoms. The predicted octanol–water partition coefficient (Wildman–Crippen LogP) is 18.8. The molecule has 0 radical (unpaired) electrons. The number of nitrogens with one attached hydrogen (secondary N) is 1. The molecule has 0 saturated carbocycles. The Labute approximate surface area is 459 Å². The Morgan fingerprint density at radius 3 is 1.19 bits per heavy atom. The van der Waals surface area contributed by atoms with E-state index in [2.05, 4.69) is 79.9 Å². The van der Waals surface area contributed by atoms with Gasteiger partial charge in [-0.2, -0.15) is 0 Å². The topological polar surface area (TPSA) is 108 Å². The van der Waals surface area contributed by atoms with Gasteiger partial charge in [-0.25, -0.2) is 0 Å². The normalized spacial score (nSPS) is 14.3. The first-order valence-electron chi connectivity index (χ1n) is 31.3. The maximum Gasteiger partial charge on any atom is 0.268 e. The van der Waals surface area contributed by atoms with E-state index >= 15 is 0 Å². The van der Waals surface area contributed by atoms with Crippen LogP contribution in [0.25, 0.3) is 0 Å². The Kier molecular flexibility index (Phi) is 54.1. The number of unbranched alkanes of at least 4 members (excludes halogenated alkanes) is 34. The molecule has 0 aromatic rings. The molecular formula is C65H121N2O6P. The molecule has 0 rings (SSSR count). The third-order valence-electron chi connectivity index (χ3n) is 13.9. The fourth-order valence-electron chi connectivity index (χ4n) is 8.96. The van der Waals surface area contributed by atoms with Crippen molar-refractivity contribution in [1.29, 1.82) is 0 Å². The summed E-state index contributed by atoms with van der Waals surface area (Å²) in [6.07, 6.45) is 77.1. The van der Waals surface area contributed by atoms with Crippen molar-refractivity contribution in [3.63, 3.8) is 0 Å². The number of phosphoric ester groups is 1. The summed E-state index contributed by atoms with van der Waals surface area (Å²) in [5.41, 5.74) is 0. The number of aliphatic hydroxyl groups is 1. The van der Waals surface area contributed by atoms with E-state index in [1.54, 1.807) is 6.08 Å². The molecule has 8 nitrogen and oxygen atoms in total. The standard InChI is InChI=1S/C65H121N2O6P/c1-6-8-10-12-14-16-18-20-22-24-26-28-30-31-32-33-34-35-37-39-41-43-45-47-49-51-53-55-57-59-65(69)66-63(62-73-74(70,71)72-61-60-67(3,4)5)64(68)58-56-54-52-50-48-46-44-42-40-38-36-29-27-25-23-21-19-17-15-13-11-9-7-2/h18,20,24,26,30-31,40,42,48,50,56,58,63-64,68H,6-17,19,21-23,25,27-29,32-39,41,43-47,49,51-55,57,59-62H2,1-5H3,(H-,66,69,70,71)/b20-18-,26-24-,31-30-,42-40+,50-48+,58-56+. The van der Waals surface area contributed by atoms with E-state index in [0.717, 1.165) is 57.8 Å². The number of quaternary nitrogens is 1. The largest absolute Gasteiger partial charge is 0.756 e. The Bertz CT molecular complexity index is 1430. The van der Waals surface area contributed by atoms with Crippen LogP contribution in [0.5, 0.6) is 0 Å². The monoisotopic (exact) mass is 1060 g/mol. The molecule has 3 unspecified atom stereocenters. The summed E-state index contributed by atoms with van der Waals surface area (Å²) in [5.74, 6) is -0.211. The zero-order chi connectivity index (χ0) is 54.2. The van der Waals surface area contributed by atoms with E-state index in [1.807, 2.05) is 27.2 Å². The summed E-state index contributed by atoms with van der Waals surface area (Å²) < 4.78 is 23.4. The highest BCUT2D eigenvalue weighted by atomic mass is 31.2. The number of likely N-dealkylation sites (N-methyl/N-ethyl adjacent to an activating group) is 1. The summed E-state index contributed by atoms with van der Waals surface area (Å²) in [6.45, 7) is 4.63. The van der Waals surface area contributed by atoms with Crippen LogP contribution >= 0.6 is 7.82 Å². The molecule has 2 N–H and O–H groups in total. The van der Waals surface area contributed by atoms with Gasteiger partial charge in [0.25, 0.3) is 7.82 Å². The third-order valence-corrected chi connectivity index (χ3v) is 14.8. The molecule has 0 aromatic heterocycles. The maximum atomic E-state index is 13.0. The van der Waals surface area contributed by atoms with Crippen LogP contribution in [0.2, 0.25) is 0 Å². The lowest BCUT2D eigenvalue weighted by Crippen LogP contribution is -2.45. The number of hydrogen-bond acceptors (Lipinski definition) is 6. The number of allylic oxidation sites excluding steroid dienone is 11. The van der Waals surface area contributed by atoms with Crippen LogP contribution < -0.4 is 10.2 Å². The average Bonchev–Trinajstić information content (AvgIpc) is 3.36. The number of carbonyl (C=O) groups is 1. The first-order valence-corrected chi connectivity index (χ1v) is 32.8. The summed E-state index contributed by atoms with van der Waals surface area (Å²) in [6, 6.07) is -0.914. The van der Waals surface area contributed by atoms with Gasteiger partial charge in [-0.05, 0) is 83.5 Å². The number of phosphoric acid groups is 1. The van der Waals surface area contributed by atoms with Gasteiger partial charge in [0.1, 0.15) is 13.2 Å². The minimum absolute atomic E-state index is 0.0110. The fraction of sp³-hybridized carbons (Fsp3) is 0.800. The first kappa shape index (κ1) is 71.9. The van der Waals surface area contributed by atoms with Gasteiger partial charge in [-0.15, -0.1) is 0 Å². The van der Waals surface area contributed by atoms with Gasteiger partial charge < -0.3 is 28.8 Å². The molecule has 0 fully saturated rings. The number of carbonyl (C=O) groups excluding carboxylic acids is 1. The molecule has 3 atom stereocenters. The van der Waals surface area contributed by atoms with Crippen molar-refractivity contribution in [2.45, 2.75) is 296 Å². The number of aliphatic hydroxyl groups excluding tert-OH is 1. The molecule has 0 aliphatic heterocycles. The molecular weight excluding hydrogens is 936 g/mol. The second-order valence-electron chi connectivity index (χ2n) is 22.4. The molecule has 74 heavy (non-hydrogen) atoms. The van der Waals surface area contributed by atoms with Gasteiger partial charge in [-0.3, -0.25) is 9.36 Å². The average molecular weight is 1060 g/mol. The summed E-state index contributed by atoms with van der Waals surface area (Å²) in [7, 11) is 1.23. The minimum atomic E-state index is -4.62. The van der Waals surface area contributed by atoms with E-state index < -0.39 is 26.6 Å². The number of hydrogen-bond donors (Lipinski definition) is 2. The van der Waals surface area contributed by atoms with Gasteiger partial charge >= 0.3 is 0 Å². The minimum Gasteiger partial charge on any atom is -0.756 e. The van der Waals surface area contributed by atoms with Gasteiger partial charge in [0.2, 0.25) is 5.91 Å². The second-order valence-corrected chi connectivity index (χ2v) is 23.8. The van der Waals surface area contributed by atoms with Crippen LogP contribution in [0.4, 0.5) is 0 Å². The van der Waals surface area contributed by atoms with Crippen molar-refractivity contribution in [3.05, 3.63) is 72.9 Å². The molecule has 0 heterocycles. The highest BCUT2D eigenvalue weighted by Crippen LogP contribution is 2.38. The molecule has 1 amide bonds. The lowest BCUT2D eigenvalue weighted by atomic mass is 10.0. The molecule has 0 aliphatic rings. The molecule has 0 aliphatic carbocycles. The third kappa shape index (κ3) is 57.6. The molecule has 0 aromatic carbocycles. The number of rotatable bonds is 57. The van der Waals surface area contributed by atoms with Crippen LogP contribution in [-0.2, 0) is 18.4 Å². The summed E-state index contributed by atoms with van der Waals surface area (Å²) >= 11 is 0. The van der Waals surface area contributed by atoms with Crippen LogP contribution in [0.15, 0.2) is 72.9 Å². The predicted molar refractivity (Wildman–Crippen MR) is 320 cm³/mol. The van der Waals surface area contributed by atoms with Crippen molar-refractivity contribution < 1.29 is 32.9 Å². The Hall–Kier alpha value is -2.06. The zero-order valence-corrected chi connectivity index (χ0v) is 50.2. The van der Waals surface area contributed by atoms with E-state index in [4.69, 9.17) is 9.05 Å². The van der Waals surface area contributed by atoms with Crippen LogP contribution in [0.1, 0.15) is 284 Å². The van der Waals surface area contributed by atoms with E-state index in [9.17, 15) is 19.4 Å². The second kappa shape index (κ2) is 55.7. The van der Waals surface area contributed by atoms with Gasteiger partial charge in [0.15, 0.2) is 0 Å². The van der Waals surface area contributed by atoms with Crippen molar-refractivity contribution in [1.82, 2.24) is 5.32 Å². The molecule has 0 bridgehead atoms. The van der Waals surface area contributed by atoms with Crippen molar-refractivity contribution >= 4 is 13.7 Å². The lowest BCUT2D eigenvalue weighted by molar-refractivity contribution is -0.870. The lowest BCUT2D eigenvalue weighted by Gasteiger charge is -2.29. The van der Waals surface area contributed by atoms with Gasteiger partial charge in [-0.1, -0.05) is 267 Å². The molecule has 0 saturated heterocycles. The van der Waals surface area contributed by atoms with Gasteiger partial charge in [0, 0.05) is 6.42 Å². The fourth-order valence-corrected chi connectivity index (χ4v) is 9.68. The first-order chi connectivity index (χ1) is 36.0. The number of amides is 1. The zero-order valence-electron chi connectivity index (χ0n) is 49.3. The Morgan fingerprint density at radius 2 is 0.797 bits per heavy atom. The highest BCUT2D eigenvalue weighted by Gasteiger charge is 2.23. The van der Waals surface area contributed by atoms with E-state index in [-0.39, 0.29) is 12.5 Å². The smallest absolute Gasteiger partial charge is 0.268 e. The summed E-state index contributed by atoms with van der Waals surface area (Å²) in [4.78, 5) is 25.5. The highest BCUT2D eigenvalue weighted by molar-refractivity contribution is 7.45. The van der Waals surface area contributed by atoms with E-state index in [1.165, 1.54) is 205 Å². The van der Waals surface area contributed by atoms with Gasteiger partial charge in [0.05, 0.1) is 39.9 Å². The molecule has 432 valence electrons. The summed E-state index contributed by atoms with van der Waals surface area (Å²) in [5, 5.41) is 13.9. The Morgan fingerprint density at radius 1 is 0.473 bits per heavy atom.